The number of rotatable bonds is 10. The molecule has 0 unspecified atom stereocenters. The molecule has 0 saturated heterocycles. The highest BCUT2D eigenvalue weighted by Gasteiger charge is 2.27. The summed E-state index contributed by atoms with van der Waals surface area (Å²) in [6.45, 7) is -0.459. The third kappa shape index (κ3) is 6.55. The van der Waals surface area contributed by atoms with Crippen molar-refractivity contribution in [1.82, 2.24) is 0 Å². The lowest BCUT2D eigenvalue weighted by atomic mass is 9.95. The van der Waals surface area contributed by atoms with Gasteiger partial charge in [0.2, 0.25) is 5.78 Å². The molecule has 0 amide bonds. The van der Waals surface area contributed by atoms with Gasteiger partial charge in [-0.15, -0.1) is 0 Å². The molecular weight excluding hydrogens is 548 g/mol. The third-order valence-corrected chi connectivity index (χ3v) is 6.36. The molecule has 0 heterocycles. The molecule has 0 saturated carbocycles. The first kappa shape index (κ1) is 29.3. The second-order valence-electron chi connectivity index (χ2n) is 8.56. The first-order chi connectivity index (χ1) is 19.9. The molecular formula is C32H27ClO8. The number of methoxy groups -OCH3 is 4. The van der Waals surface area contributed by atoms with Crippen molar-refractivity contribution in [3.63, 3.8) is 0 Å². The number of hydrogen-bond donors (Lipinski definition) is 0. The highest BCUT2D eigenvalue weighted by Crippen LogP contribution is 2.47. The number of ketones is 1. The number of Topliss-reactive ketones (excluding diaryl/α,β-unsaturated/α-hetero) is 1. The zero-order valence-electron chi connectivity index (χ0n) is 22.9. The summed E-state index contributed by atoms with van der Waals surface area (Å²) >= 11 is 6.52. The number of hydrogen-bond acceptors (Lipinski definition) is 8. The van der Waals surface area contributed by atoms with Crippen LogP contribution in [-0.4, -0.2) is 47.0 Å². The van der Waals surface area contributed by atoms with Crippen LogP contribution in [0.25, 0.3) is 10.8 Å². The van der Waals surface area contributed by atoms with Crippen LogP contribution in [0.5, 0.6) is 23.0 Å². The average molecular weight is 575 g/mol. The second kappa shape index (κ2) is 13.6. The maximum absolute atomic E-state index is 13.8. The summed E-state index contributed by atoms with van der Waals surface area (Å²) in [4.78, 5) is 26.6. The number of carbonyl (C=O) groups is 2. The lowest BCUT2D eigenvalue weighted by molar-refractivity contribution is 0.0458. The molecule has 210 valence electrons. The Morgan fingerprint density at radius 1 is 0.854 bits per heavy atom. The lowest BCUT2D eigenvalue weighted by Crippen LogP contribution is -2.12. The molecule has 0 fully saturated rings. The SMILES string of the molecule is COCOc1c(C(=O)C#Cc2ccc(OC)cc2)c(COC(=O)c2ccccc2)cc2c(OC)cc(Cl)c(OC)c12. The van der Waals surface area contributed by atoms with E-state index in [0.29, 0.717) is 39.0 Å². The van der Waals surface area contributed by atoms with Crippen LogP contribution in [0.4, 0.5) is 0 Å². The van der Waals surface area contributed by atoms with E-state index in [2.05, 4.69) is 11.8 Å². The molecule has 0 bridgehead atoms. The Labute approximate surface area is 242 Å². The van der Waals surface area contributed by atoms with Crippen LogP contribution in [0.15, 0.2) is 66.7 Å². The molecule has 9 heteroatoms. The molecule has 4 rings (SSSR count). The fraction of sp³-hybridized carbons (Fsp3) is 0.188. The van der Waals surface area contributed by atoms with Gasteiger partial charge in [-0.05, 0) is 48.4 Å². The third-order valence-electron chi connectivity index (χ3n) is 6.08. The van der Waals surface area contributed by atoms with Gasteiger partial charge in [0.1, 0.15) is 29.6 Å². The highest BCUT2D eigenvalue weighted by atomic mass is 35.5. The molecule has 41 heavy (non-hydrogen) atoms. The van der Waals surface area contributed by atoms with Crippen molar-refractivity contribution in [2.24, 2.45) is 0 Å². The second-order valence-corrected chi connectivity index (χ2v) is 8.96. The van der Waals surface area contributed by atoms with Gasteiger partial charge in [-0.25, -0.2) is 4.79 Å². The molecule has 4 aromatic carbocycles. The molecule has 0 atom stereocenters. The van der Waals surface area contributed by atoms with Gasteiger partial charge in [0.15, 0.2) is 6.79 Å². The topological polar surface area (TPSA) is 89.5 Å². The quantitative estimate of drug-likeness (QED) is 0.0972. The Morgan fingerprint density at radius 3 is 2.22 bits per heavy atom. The average Bonchev–Trinajstić information content (AvgIpc) is 3.01. The maximum Gasteiger partial charge on any atom is 0.338 e. The minimum Gasteiger partial charge on any atom is -0.497 e. The van der Waals surface area contributed by atoms with E-state index in [1.807, 2.05) is 0 Å². The monoisotopic (exact) mass is 574 g/mol. The maximum atomic E-state index is 13.8. The number of fused-ring (bicyclic) bond motifs is 1. The van der Waals surface area contributed by atoms with Crippen molar-refractivity contribution >= 4 is 34.1 Å². The minimum atomic E-state index is -0.583. The smallest absolute Gasteiger partial charge is 0.338 e. The van der Waals surface area contributed by atoms with E-state index in [1.165, 1.54) is 21.3 Å². The van der Waals surface area contributed by atoms with Crippen LogP contribution in [-0.2, 0) is 16.1 Å². The molecule has 0 aliphatic carbocycles. The Bertz CT molecular complexity index is 1620. The first-order valence-electron chi connectivity index (χ1n) is 12.4. The van der Waals surface area contributed by atoms with Crippen molar-refractivity contribution in [3.05, 3.63) is 94.0 Å². The summed E-state index contributed by atoms with van der Waals surface area (Å²) in [7, 11) is 5.95. The van der Waals surface area contributed by atoms with E-state index in [-0.39, 0.29) is 35.5 Å². The van der Waals surface area contributed by atoms with Gasteiger partial charge in [0.05, 0.1) is 42.9 Å². The van der Waals surface area contributed by atoms with E-state index in [9.17, 15) is 9.59 Å². The van der Waals surface area contributed by atoms with Crippen molar-refractivity contribution in [1.29, 1.82) is 0 Å². The molecule has 0 N–H and O–H groups in total. The number of benzene rings is 4. The van der Waals surface area contributed by atoms with Crippen molar-refractivity contribution in [3.8, 4) is 34.8 Å². The number of carbonyl (C=O) groups excluding carboxylic acids is 2. The number of halogens is 1. The van der Waals surface area contributed by atoms with Crippen LogP contribution in [0.3, 0.4) is 0 Å². The first-order valence-corrected chi connectivity index (χ1v) is 12.7. The van der Waals surface area contributed by atoms with E-state index in [4.69, 9.17) is 40.0 Å². The van der Waals surface area contributed by atoms with Gasteiger partial charge in [0.25, 0.3) is 0 Å². The Hall–Kier alpha value is -4.71. The van der Waals surface area contributed by atoms with E-state index in [1.54, 1.807) is 73.8 Å². The fourth-order valence-corrected chi connectivity index (χ4v) is 4.44. The van der Waals surface area contributed by atoms with Crippen LogP contribution in [0, 0.1) is 11.8 Å². The number of esters is 1. The van der Waals surface area contributed by atoms with Gasteiger partial charge in [-0.1, -0.05) is 35.7 Å². The largest absolute Gasteiger partial charge is 0.497 e. The van der Waals surface area contributed by atoms with Gasteiger partial charge >= 0.3 is 5.97 Å². The molecule has 8 nitrogen and oxygen atoms in total. The van der Waals surface area contributed by atoms with E-state index < -0.39 is 11.8 Å². The predicted octanol–water partition coefficient (Wildman–Crippen LogP) is 6.09. The Balaban J connectivity index is 1.91. The van der Waals surface area contributed by atoms with Crippen LogP contribution < -0.4 is 18.9 Å². The molecule has 0 aliphatic heterocycles. The van der Waals surface area contributed by atoms with Gasteiger partial charge in [-0.3, -0.25) is 4.79 Å². The Kier molecular flexibility index (Phi) is 9.69. The molecule has 0 aromatic heterocycles. The minimum absolute atomic E-state index is 0.0686. The number of ether oxygens (including phenoxy) is 6. The fourth-order valence-electron chi connectivity index (χ4n) is 4.17. The van der Waals surface area contributed by atoms with Gasteiger partial charge in [0, 0.05) is 29.7 Å². The van der Waals surface area contributed by atoms with Crippen LogP contribution in [0.1, 0.15) is 31.8 Å². The van der Waals surface area contributed by atoms with Crippen LogP contribution in [0.2, 0.25) is 5.02 Å². The molecule has 0 aliphatic rings. The zero-order valence-corrected chi connectivity index (χ0v) is 23.7. The lowest BCUT2D eigenvalue weighted by Gasteiger charge is -2.20. The summed E-state index contributed by atoms with van der Waals surface area (Å²) in [5.74, 6) is 5.82. The summed E-state index contributed by atoms with van der Waals surface area (Å²) in [6, 6.07) is 18.7. The summed E-state index contributed by atoms with van der Waals surface area (Å²) in [5.41, 5.74) is 1.37. The Morgan fingerprint density at radius 2 is 1.59 bits per heavy atom. The highest BCUT2D eigenvalue weighted by molar-refractivity contribution is 6.34. The predicted molar refractivity (Wildman–Crippen MR) is 154 cm³/mol. The van der Waals surface area contributed by atoms with Crippen molar-refractivity contribution in [2.75, 3.05) is 35.2 Å². The van der Waals surface area contributed by atoms with E-state index >= 15 is 0 Å². The van der Waals surface area contributed by atoms with Gasteiger partial charge < -0.3 is 28.4 Å². The molecule has 4 aromatic rings. The van der Waals surface area contributed by atoms with Gasteiger partial charge in [-0.2, -0.15) is 0 Å². The van der Waals surface area contributed by atoms with Crippen LogP contribution >= 0.6 is 11.6 Å². The zero-order chi connectivity index (χ0) is 29.4. The van der Waals surface area contributed by atoms with E-state index in [0.717, 1.165) is 0 Å². The summed E-state index contributed by atoms with van der Waals surface area (Å²) < 4.78 is 33.1. The van der Waals surface area contributed by atoms with Crippen molar-refractivity contribution in [2.45, 2.75) is 6.61 Å². The summed E-state index contributed by atoms with van der Waals surface area (Å²) in [6.07, 6.45) is 0. The van der Waals surface area contributed by atoms with Crippen molar-refractivity contribution < 1.29 is 38.0 Å². The molecule has 0 radical (unpaired) electrons. The normalized spacial score (nSPS) is 10.4. The summed E-state index contributed by atoms with van der Waals surface area (Å²) in [5, 5.41) is 1.14. The molecule has 0 spiro atoms. The standard InChI is InChI=1S/C32H27ClO8/c1-36-19-41-31-28(26(34)15-12-20-10-13-23(37-2)14-11-20)22(18-40-32(35)21-8-6-5-7-9-21)16-24-27(38-3)17-25(33)30(39-4)29(24)31/h5-11,13-14,16-17H,18-19H2,1-4H3.